The maximum absolute atomic E-state index is 12.4. The summed E-state index contributed by atoms with van der Waals surface area (Å²) in [4.78, 5) is 16.7. The van der Waals surface area contributed by atoms with Crippen LogP contribution in [0, 0.1) is 0 Å². The quantitative estimate of drug-likeness (QED) is 0.697. The van der Waals surface area contributed by atoms with Crippen LogP contribution in [0.25, 0.3) is 0 Å². The van der Waals surface area contributed by atoms with Crippen LogP contribution in [0.1, 0.15) is 19.8 Å². The van der Waals surface area contributed by atoms with Crippen molar-refractivity contribution < 1.29 is 4.79 Å². The van der Waals surface area contributed by atoms with Gasteiger partial charge >= 0.3 is 0 Å². The van der Waals surface area contributed by atoms with Gasteiger partial charge in [0.15, 0.2) is 0 Å². The number of amides is 1. The molecule has 0 radical (unpaired) electrons. The second kappa shape index (κ2) is 5.99. The first kappa shape index (κ1) is 13.8. The second-order valence-electron chi connectivity index (χ2n) is 5.75. The number of piperazine rings is 1. The summed E-state index contributed by atoms with van der Waals surface area (Å²) in [6, 6.07) is 0.823. The minimum Gasteiger partial charge on any atom is -0.341 e. The highest BCUT2D eigenvalue weighted by molar-refractivity contribution is 5.82. The molecule has 18 heavy (non-hydrogen) atoms. The summed E-state index contributed by atoms with van der Waals surface area (Å²) in [7, 11) is 4.10. The van der Waals surface area contributed by atoms with Gasteiger partial charge in [-0.25, -0.2) is 0 Å². The van der Waals surface area contributed by atoms with Gasteiger partial charge in [0.1, 0.15) is 0 Å². The van der Waals surface area contributed by atoms with E-state index in [2.05, 4.69) is 29.5 Å². The average molecular weight is 254 g/mol. The molecule has 5 nitrogen and oxygen atoms in total. The molecule has 2 aliphatic heterocycles. The van der Waals surface area contributed by atoms with E-state index in [0.29, 0.717) is 12.1 Å². The summed E-state index contributed by atoms with van der Waals surface area (Å²) >= 11 is 0. The lowest BCUT2D eigenvalue weighted by Gasteiger charge is -2.38. The monoisotopic (exact) mass is 254 g/mol. The Hall–Kier alpha value is -0.650. The van der Waals surface area contributed by atoms with Gasteiger partial charge in [-0.2, -0.15) is 0 Å². The Bertz CT molecular complexity index is 281. The van der Waals surface area contributed by atoms with E-state index in [-0.39, 0.29) is 11.9 Å². The number of carbonyl (C=O) groups is 1. The van der Waals surface area contributed by atoms with Crippen LogP contribution in [0.4, 0.5) is 0 Å². The van der Waals surface area contributed by atoms with E-state index < -0.39 is 0 Å². The van der Waals surface area contributed by atoms with Crippen molar-refractivity contribution in [2.75, 3.05) is 40.3 Å². The Balaban J connectivity index is 1.84. The highest BCUT2D eigenvalue weighted by atomic mass is 16.2. The van der Waals surface area contributed by atoms with E-state index in [1.807, 2.05) is 11.9 Å². The fourth-order valence-electron chi connectivity index (χ4n) is 2.77. The Kier molecular flexibility index (Phi) is 4.59. The molecule has 0 aliphatic carbocycles. The molecule has 2 aliphatic rings. The van der Waals surface area contributed by atoms with Gasteiger partial charge in [0.25, 0.3) is 0 Å². The predicted octanol–water partition coefficient (Wildman–Crippen LogP) is -0.511. The molecule has 2 heterocycles. The van der Waals surface area contributed by atoms with Crippen LogP contribution in [-0.2, 0) is 4.79 Å². The molecule has 0 aromatic rings. The molecule has 2 unspecified atom stereocenters. The van der Waals surface area contributed by atoms with Crippen molar-refractivity contribution in [1.82, 2.24) is 20.4 Å². The molecule has 2 rings (SSSR count). The molecule has 5 heteroatoms. The van der Waals surface area contributed by atoms with Gasteiger partial charge < -0.3 is 20.4 Å². The van der Waals surface area contributed by atoms with Crippen LogP contribution in [0.15, 0.2) is 0 Å². The number of hydrogen-bond donors (Lipinski definition) is 2. The van der Waals surface area contributed by atoms with Crippen molar-refractivity contribution in [2.45, 2.75) is 37.9 Å². The van der Waals surface area contributed by atoms with Crippen LogP contribution >= 0.6 is 0 Å². The number of hydrogen-bond acceptors (Lipinski definition) is 4. The Labute approximate surface area is 110 Å². The van der Waals surface area contributed by atoms with Gasteiger partial charge in [-0.15, -0.1) is 0 Å². The zero-order chi connectivity index (χ0) is 13.1. The summed E-state index contributed by atoms with van der Waals surface area (Å²) in [5, 5.41) is 6.69. The molecule has 0 spiro atoms. The molecular weight excluding hydrogens is 228 g/mol. The van der Waals surface area contributed by atoms with Crippen LogP contribution < -0.4 is 10.6 Å². The molecule has 2 atom stereocenters. The van der Waals surface area contributed by atoms with E-state index in [4.69, 9.17) is 0 Å². The first-order valence-corrected chi connectivity index (χ1v) is 7.00. The van der Waals surface area contributed by atoms with Gasteiger partial charge in [-0.1, -0.05) is 0 Å². The first-order chi connectivity index (χ1) is 8.58. The lowest BCUT2D eigenvalue weighted by Crippen LogP contribution is -2.60. The maximum Gasteiger partial charge on any atom is 0.241 e. The van der Waals surface area contributed by atoms with Crippen molar-refractivity contribution in [3.63, 3.8) is 0 Å². The molecule has 0 aromatic heterocycles. The van der Waals surface area contributed by atoms with Crippen molar-refractivity contribution in [3.8, 4) is 0 Å². The van der Waals surface area contributed by atoms with Gasteiger partial charge in [0.05, 0.1) is 6.04 Å². The number of nitrogens with one attached hydrogen (secondary N) is 2. The number of nitrogens with zero attached hydrogens (tertiary/aromatic N) is 2. The minimum absolute atomic E-state index is 0.0501. The lowest BCUT2D eigenvalue weighted by atomic mass is 10.0. The molecule has 2 N–H and O–H groups in total. The summed E-state index contributed by atoms with van der Waals surface area (Å²) < 4.78 is 0. The molecule has 0 bridgehead atoms. The summed E-state index contributed by atoms with van der Waals surface area (Å²) in [6.07, 6.45) is 2.19. The Morgan fingerprint density at radius 3 is 2.44 bits per heavy atom. The normalized spacial score (nSPS) is 31.3. The predicted molar refractivity (Wildman–Crippen MR) is 72.5 cm³/mol. The molecule has 2 saturated heterocycles. The molecule has 0 saturated carbocycles. The smallest absolute Gasteiger partial charge is 0.241 e. The summed E-state index contributed by atoms with van der Waals surface area (Å²) in [5.74, 6) is 0.240. The van der Waals surface area contributed by atoms with Crippen LogP contribution in [0.5, 0.6) is 0 Å². The third kappa shape index (κ3) is 3.22. The fourth-order valence-corrected chi connectivity index (χ4v) is 2.77. The van der Waals surface area contributed by atoms with E-state index >= 15 is 0 Å². The molecule has 1 amide bonds. The standard InChI is InChI=1S/C13H26N4O/c1-10-8-15-12(9-14-10)13(18)17(3)11-4-6-16(2)7-5-11/h10-12,14-15H,4-9H2,1-3H3. The average Bonchev–Trinajstić information content (AvgIpc) is 2.39. The zero-order valence-electron chi connectivity index (χ0n) is 11.8. The second-order valence-corrected chi connectivity index (χ2v) is 5.75. The summed E-state index contributed by atoms with van der Waals surface area (Å²) in [6.45, 7) is 5.94. The SMILES string of the molecule is CC1CNC(C(=O)N(C)C2CCN(C)CC2)CN1. The number of likely N-dealkylation sites (tertiary alicyclic amines) is 1. The van der Waals surface area contributed by atoms with Crippen LogP contribution in [0.2, 0.25) is 0 Å². The van der Waals surface area contributed by atoms with E-state index in [1.165, 1.54) is 0 Å². The number of likely N-dealkylation sites (N-methyl/N-ethyl adjacent to an activating group) is 1. The molecule has 104 valence electrons. The van der Waals surface area contributed by atoms with Gasteiger partial charge in [0, 0.05) is 32.2 Å². The zero-order valence-corrected chi connectivity index (χ0v) is 11.8. The van der Waals surface area contributed by atoms with Crippen LogP contribution in [-0.4, -0.2) is 74.1 Å². The van der Waals surface area contributed by atoms with Gasteiger partial charge in [0.2, 0.25) is 5.91 Å². The van der Waals surface area contributed by atoms with E-state index in [9.17, 15) is 4.79 Å². The fraction of sp³-hybridized carbons (Fsp3) is 0.923. The topological polar surface area (TPSA) is 47.6 Å². The van der Waals surface area contributed by atoms with Gasteiger partial charge in [-0.3, -0.25) is 4.79 Å². The largest absolute Gasteiger partial charge is 0.341 e. The third-order valence-corrected chi connectivity index (χ3v) is 4.22. The van der Waals surface area contributed by atoms with E-state index in [0.717, 1.165) is 39.0 Å². The van der Waals surface area contributed by atoms with Crippen LogP contribution in [0.3, 0.4) is 0 Å². The number of rotatable bonds is 2. The highest BCUT2D eigenvalue weighted by Gasteiger charge is 2.30. The molecular formula is C13H26N4O. The minimum atomic E-state index is -0.0501. The number of piperidine rings is 1. The third-order valence-electron chi connectivity index (χ3n) is 4.22. The van der Waals surface area contributed by atoms with Crippen molar-refractivity contribution in [2.24, 2.45) is 0 Å². The van der Waals surface area contributed by atoms with Crippen molar-refractivity contribution in [1.29, 1.82) is 0 Å². The number of carbonyl (C=O) groups excluding carboxylic acids is 1. The summed E-state index contributed by atoms with van der Waals surface area (Å²) in [5.41, 5.74) is 0. The van der Waals surface area contributed by atoms with Crippen molar-refractivity contribution in [3.05, 3.63) is 0 Å². The van der Waals surface area contributed by atoms with E-state index in [1.54, 1.807) is 0 Å². The Morgan fingerprint density at radius 2 is 1.89 bits per heavy atom. The molecule has 0 aromatic carbocycles. The van der Waals surface area contributed by atoms with Crippen molar-refractivity contribution >= 4 is 5.91 Å². The first-order valence-electron chi connectivity index (χ1n) is 7.00. The Morgan fingerprint density at radius 1 is 1.22 bits per heavy atom. The van der Waals surface area contributed by atoms with Gasteiger partial charge in [-0.05, 0) is 39.9 Å². The lowest BCUT2D eigenvalue weighted by molar-refractivity contribution is -0.135. The maximum atomic E-state index is 12.4. The highest BCUT2D eigenvalue weighted by Crippen LogP contribution is 2.15. The molecule has 2 fully saturated rings.